The lowest BCUT2D eigenvalue weighted by Crippen LogP contribution is -2.40. The molecule has 0 aliphatic heterocycles. The molecule has 5 nitrogen and oxygen atoms in total. The highest BCUT2D eigenvalue weighted by Crippen LogP contribution is 2.18. The van der Waals surface area contributed by atoms with E-state index >= 15 is 0 Å². The predicted molar refractivity (Wildman–Crippen MR) is 70.5 cm³/mol. The fourth-order valence-electron chi connectivity index (χ4n) is 1.36. The summed E-state index contributed by atoms with van der Waals surface area (Å²) in [4.78, 5) is 23.5. The molecule has 0 saturated heterocycles. The number of primary amides is 1. The zero-order valence-corrected chi connectivity index (χ0v) is 11.1. The predicted octanol–water partition coefficient (Wildman–Crippen LogP) is 0.293. The smallest absolute Gasteiger partial charge is 0.251 e. The number of carbonyl (C=O) groups excluding carboxylic acids is 2. The van der Waals surface area contributed by atoms with Gasteiger partial charge in [-0.2, -0.15) is 0 Å². The number of nitrogens with one attached hydrogen (secondary N) is 1. The topological polar surface area (TPSA) is 92.4 Å². The van der Waals surface area contributed by atoms with Crippen LogP contribution in [0.5, 0.6) is 0 Å². The van der Waals surface area contributed by atoms with Gasteiger partial charge in [0.2, 0.25) is 5.91 Å². The highest BCUT2D eigenvalue weighted by atomic mass is 32.2. The van der Waals surface area contributed by atoms with E-state index in [0.29, 0.717) is 5.56 Å². The van der Waals surface area contributed by atoms with Crippen molar-refractivity contribution in [3.63, 3.8) is 0 Å². The molecule has 1 aromatic carbocycles. The van der Waals surface area contributed by atoms with E-state index in [-0.39, 0.29) is 12.5 Å². The number of hydrogen-bond acceptors (Lipinski definition) is 4. The number of carbonyl (C=O) groups is 2. The van der Waals surface area contributed by atoms with Crippen molar-refractivity contribution in [2.75, 3.05) is 12.8 Å². The molecule has 0 heterocycles. The SMILES string of the molecule is CSc1ccc(C)c(C(=O)NCC(O)C(N)=O)c1. The van der Waals surface area contributed by atoms with Gasteiger partial charge in [0.15, 0.2) is 0 Å². The van der Waals surface area contributed by atoms with Gasteiger partial charge >= 0.3 is 0 Å². The summed E-state index contributed by atoms with van der Waals surface area (Å²) in [5.41, 5.74) is 6.25. The lowest BCUT2D eigenvalue weighted by molar-refractivity contribution is -0.125. The third-order valence-corrected chi connectivity index (χ3v) is 3.20. The molecule has 1 unspecified atom stereocenters. The van der Waals surface area contributed by atoms with Gasteiger partial charge < -0.3 is 16.2 Å². The summed E-state index contributed by atoms with van der Waals surface area (Å²) in [6, 6.07) is 5.55. The largest absolute Gasteiger partial charge is 0.381 e. The maximum absolute atomic E-state index is 11.9. The molecule has 0 aliphatic rings. The van der Waals surface area contributed by atoms with Crippen LogP contribution in [-0.4, -0.2) is 35.8 Å². The highest BCUT2D eigenvalue weighted by Gasteiger charge is 2.14. The van der Waals surface area contributed by atoms with Crippen LogP contribution >= 0.6 is 11.8 Å². The molecule has 0 bridgehead atoms. The molecule has 6 heteroatoms. The van der Waals surface area contributed by atoms with Gasteiger partial charge in [-0.3, -0.25) is 9.59 Å². The third kappa shape index (κ3) is 3.75. The van der Waals surface area contributed by atoms with Gasteiger partial charge in [-0.1, -0.05) is 6.07 Å². The van der Waals surface area contributed by atoms with Crippen molar-refractivity contribution < 1.29 is 14.7 Å². The fraction of sp³-hybridized carbons (Fsp3) is 0.333. The van der Waals surface area contributed by atoms with Gasteiger partial charge in [0.05, 0.1) is 6.54 Å². The Labute approximate surface area is 110 Å². The van der Waals surface area contributed by atoms with Gasteiger partial charge in [0.25, 0.3) is 5.91 Å². The second kappa shape index (κ2) is 6.42. The van der Waals surface area contributed by atoms with Crippen LogP contribution in [0, 0.1) is 6.92 Å². The Hall–Kier alpha value is -1.53. The number of amides is 2. The summed E-state index contributed by atoms with van der Waals surface area (Å²) in [6.07, 6.45) is 0.557. The van der Waals surface area contributed by atoms with Crippen molar-refractivity contribution in [3.8, 4) is 0 Å². The van der Waals surface area contributed by atoms with Gasteiger partial charge in [0, 0.05) is 10.5 Å². The van der Waals surface area contributed by atoms with Crippen LogP contribution < -0.4 is 11.1 Å². The van der Waals surface area contributed by atoms with Crippen molar-refractivity contribution in [1.29, 1.82) is 0 Å². The van der Waals surface area contributed by atoms with Gasteiger partial charge in [-0.05, 0) is 30.9 Å². The van der Waals surface area contributed by atoms with E-state index in [4.69, 9.17) is 5.73 Å². The maximum atomic E-state index is 11.9. The first-order valence-corrected chi connectivity index (χ1v) is 6.58. The number of benzene rings is 1. The molecule has 1 aromatic rings. The van der Waals surface area contributed by atoms with E-state index in [1.54, 1.807) is 6.07 Å². The Balaban J connectivity index is 2.75. The molecule has 1 rings (SSSR count). The summed E-state index contributed by atoms with van der Waals surface area (Å²) >= 11 is 1.53. The summed E-state index contributed by atoms with van der Waals surface area (Å²) in [5.74, 6) is -1.19. The number of thioether (sulfide) groups is 1. The lowest BCUT2D eigenvalue weighted by atomic mass is 10.1. The molecule has 18 heavy (non-hydrogen) atoms. The molecule has 0 aliphatic carbocycles. The molecule has 0 spiro atoms. The van der Waals surface area contributed by atoms with Crippen molar-refractivity contribution in [2.45, 2.75) is 17.9 Å². The molecule has 0 saturated carbocycles. The summed E-state index contributed by atoms with van der Waals surface area (Å²) < 4.78 is 0. The first kappa shape index (κ1) is 14.5. The van der Waals surface area contributed by atoms with Crippen molar-refractivity contribution in [2.24, 2.45) is 5.73 Å². The van der Waals surface area contributed by atoms with Crippen LogP contribution in [0.3, 0.4) is 0 Å². The van der Waals surface area contributed by atoms with Crippen LogP contribution in [0.15, 0.2) is 23.1 Å². The maximum Gasteiger partial charge on any atom is 0.251 e. The van der Waals surface area contributed by atoms with Gasteiger partial charge in [0.1, 0.15) is 6.10 Å². The number of nitrogens with two attached hydrogens (primary N) is 1. The van der Waals surface area contributed by atoms with Crippen LogP contribution in [0.4, 0.5) is 0 Å². The second-order valence-corrected chi connectivity index (χ2v) is 4.69. The number of rotatable bonds is 5. The average molecular weight is 268 g/mol. The molecular formula is C12H16N2O3S. The number of aryl methyl sites for hydroxylation is 1. The van der Waals surface area contributed by atoms with Crippen molar-refractivity contribution >= 4 is 23.6 Å². The van der Waals surface area contributed by atoms with Crippen LogP contribution in [-0.2, 0) is 4.79 Å². The molecular weight excluding hydrogens is 252 g/mol. The number of hydrogen-bond donors (Lipinski definition) is 3. The van der Waals surface area contributed by atoms with E-state index in [0.717, 1.165) is 10.5 Å². The van der Waals surface area contributed by atoms with E-state index in [1.807, 2.05) is 25.3 Å². The van der Waals surface area contributed by atoms with Crippen LogP contribution in [0.2, 0.25) is 0 Å². The van der Waals surface area contributed by atoms with E-state index in [1.165, 1.54) is 11.8 Å². The molecule has 98 valence electrons. The molecule has 2 amide bonds. The normalized spacial score (nSPS) is 11.9. The second-order valence-electron chi connectivity index (χ2n) is 3.81. The van der Waals surface area contributed by atoms with E-state index in [2.05, 4.69) is 5.32 Å². The molecule has 4 N–H and O–H groups in total. The fourth-order valence-corrected chi connectivity index (χ4v) is 1.80. The molecule has 0 aromatic heterocycles. The summed E-state index contributed by atoms with van der Waals surface area (Å²) in [7, 11) is 0. The zero-order valence-electron chi connectivity index (χ0n) is 10.3. The Morgan fingerprint density at radius 2 is 2.17 bits per heavy atom. The van der Waals surface area contributed by atoms with Crippen LogP contribution in [0.25, 0.3) is 0 Å². The standard InChI is InChI=1S/C12H16N2O3S/c1-7-3-4-8(18-2)5-9(7)12(17)14-6-10(15)11(13)16/h3-5,10,15H,6H2,1-2H3,(H2,13,16)(H,14,17). The number of aliphatic hydroxyl groups excluding tert-OH is 1. The Bertz CT molecular complexity index is 463. The highest BCUT2D eigenvalue weighted by molar-refractivity contribution is 7.98. The molecule has 1 atom stereocenters. The Morgan fingerprint density at radius 1 is 1.50 bits per heavy atom. The van der Waals surface area contributed by atoms with Gasteiger partial charge in [-0.25, -0.2) is 0 Å². The zero-order chi connectivity index (χ0) is 13.7. The van der Waals surface area contributed by atoms with Crippen molar-refractivity contribution in [1.82, 2.24) is 5.32 Å². The third-order valence-electron chi connectivity index (χ3n) is 2.47. The summed E-state index contributed by atoms with van der Waals surface area (Å²) in [6.45, 7) is 1.64. The van der Waals surface area contributed by atoms with Gasteiger partial charge in [-0.15, -0.1) is 11.8 Å². The average Bonchev–Trinajstić information content (AvgIpc) is 2.35. The lowest BCUT2D eigenvalue weighted by Gasteiger charge is -2.11. The Morgan fingerprint density at radius 3 is 2.72 bits per heavy atom. The first-order valence-electron chi connectivity index (χ1n) is 5.36. The summed E-state index contributed by atoms with van der Waals surface area (Å²) in [5, 5.41) is 11.7. The van der Waals surface area contributed by atoms with Crippen LogP contribution in [0.1, 0.15) is 15.9 Å². The quantitative estimate of drug-likeness (QED) is 0.669. The molecule has 0 radical (unpaired) electrons. The minimum atomic E-state index is -1.36. The van der Waals surface area contributed by atoms with Crippen molar-refractivity contribution in [3.05, 3.63) is 29.3 Å². The van der Waals surface area contributed by atoms with E-state index in [9.17, 15) is 14.7 Å². The first-order chi connectivity index (χ1) is 8.45. The minimum absolute atomic E-state index is 0.183. The molecule has 0 fully saturated rings. The Kier molecular flexibility index (Phi) is 5.18. The number of aliphatic hydroxyl groups is 1. The monoisotopic (exact) mass is 268 g/mol. The van der Waals surface area contributed by atoms with E-state index < -0.39 is 12.0 Å². The minimum Gasteiger partial charge on any atom is -0.381 e.